The molecule has 0 spiro atoms. The van der Waals surface area contributed by atoms with Crippen molar-refractivity contribution in [2.24, 2.45) is 7.05 Å². The second-order valence-corrected chi connectivity index (χ2v) is 7.91. The van der Waals surface area contributed by atoms with Crippen LogP contribution in [0.3, 0.4) is 0 Å². The lowest BCUT2D eigenvalue weighted by molar-refractivity contribution is 0.102. The summed E-state index contributed by atoms with van der Waals surface area (Å²) < 4.78 is 3.73. The molecule has 0 radical (unpaired) electrons. The van der Waals surface area contributed by atoms with Crippen LogP contribution in [0.15, 0.2) is 59.4 Å². The van der Waals surface area contributed by atoms with Crippen LogP contribution in [0.1, 0.15) is 35.4 Å². The van der Waals surface area contributed by atoms with E-state index in [0.29, 0.717) is 11.3 Å². The number of aromatic nitrogens is 4. The molecule has 2 aromatic carbocycles. The average molecular weight is 413 g/mol. The van der Waals surface area contributed by atoms with Crippen LogP contribution in [-0.2, 0) is 20.0 Å². The summed E-state index contributed by atoms with van der Waals surface area (Å²) in [7, 11) is 1.71. The summed E-state index contributed by atoms with van der Waals surface area (Å²) in [5.41, 5.74) is 2.43. The second kappa shape index (κ2) is 7.83. The van der Waals surface area contributed by atoms with Gasteiger partial charge in [0.15, 0.2) is 5.82 Å². The molecule has 0 saturated heterocycles. The molecule has 1 N–H and O–H groups in total. The van der Waals surface area contributed by atoms with E-state index in [1.165, 1.54) is 12.5 Å². The van der Waals surface area contributed by atoms with Crippen molar-refractivity contribution in [2.45, 2.75) is 32.2 Å². The Bertz CT molecular complexity index is 1350. The Kier molecular flexibility index (Phi) is 4.86. The number of pyridine rings is 1. The number of hydrogen-bond acceptors (Lipinski definition) is 4. The van der Waals surface area contributed by atoms with Crippen molar-refractivity contribution >= 4 is 22.5 Å². The molecule has 0 aliphatic carbocycles. The maximum atomic E-state index is 13.1. The monoisotopic (exact) mass is 413 g/mol. The van der Waals surface area contributed by atoms with Crippen molar-refractivity contribution in [1.82, 2.24) is 19.3 Å². The minimum absolute atomic E-state index is 0.219. The van der Waals surface area contributed by atoms with Gasteiger partial charge in [-0.25, -0.2) is 0 Å². The summed E-state index contributed by atoms with van der Waals surface area (Å²) in [6.07, 6.45) is 4.39. The van der Waals surface area contributed by atoms with Gasteiger partial charge in [0, 0.05) is 42.7 Å². The van der Waals surface area contributed by atoms with E-state index in [9.17, 15) is 9.59 Å². The van der Waals surface area contributed by atoms with Crippen LogP contribution < -0.4 is 10.9 Å². The van der Waals surface area contributed by atoms with Gasteiger partial charge in [-0.3, -0.25) is 9.59 Å². The number of benzene rings is 2. The van der Waals surface area contributed by atoms with Crippen molar-refractivity contribution in [2.75, 3.05) is 5.32 Å². The maximum absolute atomic E-state index is 13.1. The molecule has 7 heteroatoms. The van der Waals surface area contributed by atoms with Gasteiger partial charge in [0.05, 0.1) is 11.1 Å². The van der Waals surface area contributed by atoms with Gasteiger partial charge in [0.25, 0.3) is 11.5 Å². The third kappa shape index (κ3) is 3.52. The Morgan fingerprint density at radius 2 is 1.87 bits per heavy atom. The van der Waals surface area contributed by atoms with Crippen LogP contribution >= 0.6 is 0 Å². The number of carbonyl (C=O) groups is 1. The largest absolute Gasteiger partial charge is 0.322 e. The highest BCUT2D eigenvalue weighted by Crippen LogP contribution is 2.25. The average Bonchev–Trinajstić information content (AvgIpc) is 3.04. The lowest BCUT2D eigenvalue weighted by atomic mass is 10.1. The first-order valence-corrected chi connectivity index (χ1v) is 10.5. The van der Waals surface area contributed by atoms with Gasteiger partial charge in [-0.1, -0.05) is 36.8 Å². The van der Waals surface area contributed by atoms with E-state index in [4.69, 9.17) is 0 Å². The zero-order valence-corrected chi connectivity index (χ0v) is 17.3. The Morgan fingerprint density at radius 1 is 1.00 bits per heavy atom. The van der Waals surface area contributed by atoms with Crippen LogP contribution in [0.25, 0.3) is 22.3 Å². The highest BCUT2D eigenvalue weighted by Gasteiger charge is 2.17. The molecule has 156 valence electrons. The molecule has 7 nitrogen and oxygen atoms in total. The minimum atomic E-state index is -0.314. The number of anilines is 1. The number of aryl methyl sites for hydroxylation is 2. The predicted octanol–water partition coefficient (Wildman–Crippen LogP) is 3.78. The molecular weight excluding hydrogens is 390 g/mol. The number of carbonyl (C=O) groups excluding carboxylic acids is 1. The summed E-state index contributed by atoms with van der Waals surface area (Å²) in [6.45, 7) is 0.910. The first-order chi connectivity index (χ1) is 15.1. The molecular formula is C24H23N5O2. The Morgan fingerprint density at radius 3 is 2.77 bits per heavy atom. The summed E-state index contributed by atoms with van der Waals surface area (Å²) in [4.78, 5) is 25.4. The van der Waals surface area contributed by atoms with E-state index in [0.717, 1.165) is 53.9 Å². The Hall–Kier alpha value is -3.74. The molecule has 3 heterocycles. The van der Waals surface area contributed by atoms with Gasteiger partial charge >= 0.3 is 0 Å². The highest BCUT2D eigenvalue weighted by atomic mass is 16.2. The topological polar surface area (TPSA) is 81.8 Å². The van der Waals surface area contributed by atoms with E-state index in [1.807, 2.05) is 48.5 Å². The van der Waals surface area contributed by atoms with E-state index < -0.39 is 0 Å². The van der Waals surface area contributed by atoms with Crippen molar-refractivity contribution in [3.05, 3.63) is 76.3 Å². The molecule has 2 aromatic heterocycles. The summed E-state index contributed by atoms with van der Waals surface area (Å²) in [6, 6.07) is 16.4. The van der Waals surface area contributed by atoms with Crippen molar-refractivity contribution in [3.8, 4) is 11.4 Å². The number of nitrogens with zero attached hydrogens (tertiary/aromatic N) is 4. The number of rotatable bonds is 3. The van der Waals surface area contributed by atoms with Gasteiger partial charge < -0.3 is 14.5 Å². The first-order valence-electron chi connectivity index (χ1n) is 10.5. The SMILES string of the molecule is Cn1c(=O)cc(C(=O)Nc2cccc(-c3nnc4n3CCCCC4)c2)c2ccccc21. The normalized spacial score (nSPS) is 13.6. The molecule has 0 atom stereocenters. The number of nitrogens with one attached hydrogen (secondary N) is 1. The number of fused-ring (bicyclic) bond motifs is 2. The zero-order chi connectivity index (χ0) is 21.4. The quantitative estimate of drug-likeness (QED) is 0.554. The van der Waals surface area contributed by atoms with Crippen LogP contribution in [0.2, 0.25) is 0 Å². The first kappa shape index (κ1) is 19.2. The van der Waals surface area contributed by atoms with Gasteiger partial charge in [-0.05, 0) is 31.0 Å². The molecule has 0 unspecified atom stereocenters. The standard InChI is InChI=1S/C24H23N5O2/c1-28-20-11-5-4-10-18(20)19(15-22(28)30)24(31)25-17-9-7-8-16(14-17)23-27-26-21-12-3-2-6-13-29(21)23/h4-5,7-11,14-15H,2-3,6,12-13H2,1H3,(H,25,31). The summed E-state index contributed by atoms with van der Waals surface area (Å²) in [5, 5.41) is 12.5. The number of para-hydroxylation sites is 1. The van der Waals surface area contributed by atoms with Gasteiger partial charge in [0.2, 0.25) is 0 Å². The van der Waals surface area contributed by atoms with Gasteiger partial charge in [-0.2, -0.15) is 0 Å². The van der Waals surface area contributed by atoms with Crippen molar-refractivity contribution < 1.29 is 4.79 Å². The molecule has 1 amide bonds. The Balaban J connectivity index is 1.48. The van der Waals surface area contributed by atoms with Crippen LogP contribution in [0.5, 0.6) is 0 Å². The van der Waals surface area contributed by atoms with E-state index in [-0.39, 0.29) is 11.5 Å². The van der Waals surface area contributed by atoms with Crippen LogP contribution in [0, 0.1) is 0 Å². The maximum Gasteiger partial charge on any atom is 0.256 e. The molecule has 31 heavy (non-hydrogen) atoms. The molecule has 0 bridgehead atoms. The predicted molar refractivity (Wildman–Crippen MR) is 120 cm³/mol. The fourth-order valence-electron chi connectivity index (χ4n) is 4.23. The van der Waals surface area contributed by atoms with Gasteiger partial charge in [0.1, 0.15) is 5.82 Å². The smallest absolute Gasteiger partial charge is 0.256 e. The molecule has 0 saturated carbocycles. The van der Waals surface area contributed by atoms with E-state index in [1.54, 1.807) is 11.6 Å². The fraction of sp³-hybridized carbons (Fsp3) is 0.250. The lowest BCUT2D eigenvalue weighted by Crippen LogP contribution is -2.21. The zero-order valence-electron chi connectivity index (χ0n) is 17.3. The third-order valence-corrected chi connectivity index (χ3v) is 5.89. The molecule has 1 aliphatic heterocycles. The highest BCUT2D eigenvalue weighted by molar-refractivity contribution is 6.12. The molecule has 5 rings (SSSR count). The van der Waals surface area contributed by atoms with Crippen molar-refractivity contribution in [1.29, 1.82) is 0 Å². The fourth-order valence-corrected chi connectivity index (χ4v) is 4.23. The third-order valence-electron chi connectivity index (χ3n) is 5.89. The Labute approximate surface area is 179 Å². The van der Waals surface area contributed by atoms with Crippen LogP contribution in [0.4, 0.5) is 5.69 Å². The van der Waals surface area contributed by atoms with Crippen LogP contribution in [-0.4, -0.2) is 25.2 Å². The summed E-state index contributed by atoms with van der Waals surface area (Å²) >= 11 is 0. The lowest BCUT2D eigenvalue weighted by Gasteiger charge is -2.12. The second-order valence-electron chi connectivity index (χ2n) is 7.91. The van der Waals surface area contributed by atoms with E-state index >= 15 is 0 Å². The van der Waals surface area contributed by atoms with Gasteiger partial charge in [-0.15, -0.1) is 10.2 Å². The van der Waals surface area contributed by atoms with E-state index in [2.05, 4.69) is 20.1 Å². The number of amides is 1. The summed E-state index contributed by atoms with van der Waals surface area (Å²) in [5.74, 6) is 1.53. The minimum Gasteiger partial charge on any atom is -0.322 e. The van der Waals surface area contributed by atoms with Crippen molar-refractivity contribution in [3.63, 3.8) is 0 Å². The molecule has 0 fully saturated rings. The molecule has 1 aliphatic rings. The number of hydrogen-bond donors (Lipinski definition) is 1. The molecule has 4 aromatic rings.